The number of fused-ring (bicyclic) bond motifs is 1. The third kappa shape index (κ3) is 2.55. The summed E-state index contributed by atoms with van der Waals surface area (Å²) in [4.78, 5) is 11.4. The fraction of sp³-hybridized carbons (Fsp3) is 0.333. The highest BCUT2D eigenvalue weighted by Crippen LogP contribution is 2.33. The SMILES string of the molecule is N/C(CC(=O)NCC1Cc2ccccc21)=N\O. The van der Waals surface area contributed by atoms with Gasteiger partial charge in [0.1, 0.15) is 5.84 Å². The summed E-state index contributed by atoms with van der Waals surface area (Å²) in [7, 11) is 0. The number of nitrogens with zero attached hydrogens (tertiary/aromatic N) is 1. The minimum Gasteiger partial charge on any atom is -0.409 e. The van der Waals surface area contributed by atoms with Gasteiger partial charge in [-0.1, -0.05) is 29.4 Å². The highest BCUT2D eigenvalue weighted by Gasteiger charge is 2.25. The molecule has 1 aromatic rings. The summed E-state index contributed by atoms with van der Waals surface area (Å²) in [5, 5.41) is 13.9. The minimum atomic E-state index is -0.218. The molecule has 0 aromatic heterocycles. The van der Waals surface area contributed by atoms with Crippen LogP contribution in [0.15, 0.2) is 29.4 Å². The molecule has 2 rings (SSSR count). The number of benzene rings is 1. The lowest BCUT2D eigenvalue weighted by molar-refractivity contribution is -0.120. The highest BCUT2D eigenvalue weighted by molar-refractivity contribution is 5.98. The summed E-state index contributed by atoms with van der Waals surface area (Å²) in [6.45, 7) is 0.606. The molecule has 0 radical (unpaired) electrons. The standard InChI is InChI=1S/C12H15N3O2/c13-11(15-17)6-12(16)14-7-9-5-8-3-1-2-4-10(8)9/h1-4,9,17H,5-7H2,(H2,13,15)(H,14,16). The Morgan fingerprint density at radius 3 is 3.00 bits per heavy atom. The van der Waals surface area contributed by atoms with Gasteiger partial charge in [-0.2, -0.15) is 0 Å². The minimum absolute atomic E-state index is 0.0646. The van der Waals surface area contributed by atoms with Gasteiger partial charge in [-0.15, -0.1) is 0 Å². The molecule has 17 heavy (non-hydrogen) atoms. The van der Waals surface area contributed by atoms with Crippen molar-refractivity contribution in [3.63, 3.8) is 0 Å². The molecule has 1 unspecified atom stereocenters. The molecule has 0 heterocycles. The van der Waals surface area contributed by atoms with Crippen molar-refractivity contribution in [1.29, 1.82) is 0 Å². The predicted molar refractivity (Wildman–Crippen MR) is 63.9 cm³/mol. The first-order valence-corrected chi connectivity index (χ1v) is 5.51. The van der Waals surface area contributed by atoms with Gasteiger partial charge in [0.2, 0.25) is 5.91 Å². The van der Waals surface area contributed by atoms with Crippen LogP contribution < -0.4 is 11.1 Å². The van der Waals surface area contributed by atoms with Gasteiger partial charge in [-0.05, 0) is 17.5 Å². The van der Waals surface area contributed by atoms with E-state index in [0.29, 0.717) is 12.5 Å². The van der Waals surface area contributed by atoms with Crippen molar-refractivity contribution in [2.24, 2.45) is 10.9 Å². The van der Waals surface area contributed by atoms with E-state index in [1.165, 1.54) is 11.1 Å². The first-order valence-electron chi connectivity index (χ1n) is 5.51. The van der Waals surface area contributed by atoms with Crippen LogP contribution in [0.5, 0.6) is 0 Å². The van der Waals surface area contributed by atoms with Gasteiger partial charge in [-0.25, -0.2) is 0 Å². The highest BCUT2D eigenvalue weighted by atomic mass is 16.4. The van der Waals surface area contributed by atoms with E-state index in [4.69, 9.17) is 10.9 Å². The van der Waals surface area contributed by atoms with Crippen LogP contribution in [0.2, 0.25) is 0 Å². The van der Waals surface area contributed by atoms with Gasteiger partial charge in [0.05, 0.1) is 6.42 Å². The Bertz CT molecular complexity index is 457. The number of amides is 1. The molecule has 1 atom stereocenters. The summed E-state index contributed by atoms with van der Waals surface area (Å²) < 4.78 is 0. The fourth-order valence-corrected chi connectivity index (χ4v) is 2.04. The number of nitrogens with two attached hydrogens (primary N) is 1. The van der Waals surface area contributed by atoms with Crippen LogP contribution in [0.4, 0.5) is 0 Å². The molecule has 1 amide bonds. The zero-order valence-corrected chi connectivity index (χ0v) is 9.39. The van der Waals surface area contributed by atoms with Crippen molar-refractivity contribution < 1.29 is 10.0 Å². The lowest BCUT2D eigenvalue weighted by Crippen LogP contribution is -2.35. The van der Waals surface area contributed by atoms with Gasteiger partial charge in [0.25, 0.3) is 0 Å². The van der Waals surface area contributed by atoms with Gasteiger partial charge in [0.15, 0.2) is 0 Å². The Balaban J connectivity index is 1.80. The number of carbonyl (C=O) groups excluding carboxylic acids is 1. The quantitative estimate of drug-likeness (QED) is 0.307. The number of rotatable bonds is 4. The van der Waals surface area contributed by atoms with Crippen molar-refractivity contribution in [3.05, 3.63) is 35.4 Å². The van der Waals surface area contributed by atoms with E-state index < -0.39 is 0 Å². The largest absolute Gasteiger partial charge is 0.409 e. The molecule has 1 aromatic carbocycles. The molecule has 90 valence electrons. The maximum Gasteiger partial charge on any atom is 0.227 e. The molecule has 1 aliphatic carbocycles. The van der Waals surface area contributed by atoms with Crippen molar-refractivity contribution in [3.8, 4) is 0 Å². The molecule has 0 fully saturated rings. The van der Waals surface area contributed by atoms with Crippen LogP contribution in [0.3, 0.4) is 0 Å². The summed E-state index contributed by atoms with van der Waals surface area (Å²) in [6, 6.07) is 8.21. The van der Waals surface area contributed by atoms with Crippen LogP contribution >= 0.6 is 0 Å². The van der Waals surface area contributed by atoms with Crippen molar-refractivity contribution >= 4 is 11.7 Å². The second-order valence-corrected chi connectivity index (χ2v) is 4.17. The molecule has 0 spiro atoms. The van der Waals surface area contributed by atoms with E-state index in [9.17, 15) is 4.79 Å². The topological polar surface area (TPSA) is 87.7 Å². The van der Waals surface area contributed by atoms with Gasteiger partial charge in [0, 0.05) is 12.5 Å². The van der Waals surface area contributed by atoms with E-state index in [2.05, 4.69) is 22.6 Å². The monoisotopic (exact) mass is 233 g/mol. The third-order valence-electron chi connectivity index (χ3n) is 2.98. The van der Waals surface area contributed by atoms with E-state index in [1.807, 2.05) is 12.1 Å². The fourth-order valence-electron chi connectivity index (χ4n) is 2.04. The second-order valence-electron chi connectivity index (χ2n) is 4.17. The van der Waals surface area contributed by atoms with Gasteiger partial charge in [-0.3, -0.25) is 4.79 Å². The average molecular weight is 233 g/mol. The van der Waals surface area contributed by atoms with Crippen LogP contribution in [0.1, 0.15) is 23.5 Å². The molecule has 5 nitrogen and oxygen atoms in total. The smallest absolute Gasteiger partial charge is 0.227 e. The van der Waals surface area contributed by atoms with Gasteiger partial charge >= 0.3 is 0 Å². The molecule has 0 saturated carbocycles. The second kappa shape index (κ2) is 4.86. The molecular formula is C12H15N3O2. The first-order chi connectivity index (χ1) is 8.20. The Morgan fingerprint density at radius 2 is 2.29 bits per heavy atom. The van der Waals surface area contributed by atoms with Crippen LogP contribution in [0, 0.1) is 0 Å². The predicted octanol–water partition coefficient (Wildman–Crippen LogP) is 0.579. The molecule has 0 bridgehead atoms. The summed E-state index contributed by atoms with van der Waals surface area (Å²) in [5.41, 5.74) is 7.90. The van der Waals surface area contributed by atoms with E-state index in [0.717, 1.165) is 6.42 Å². The maximum absolute atomic E-state index is 11.4. The van der Waals surface area contributed by atoms with Crippen molar-refractivity contribution in [2.45, 2.75) is 18.8 Å². The number of oxime groups is 1. The van der Waals surface area contributed by atoms with E-state index >= 15 is 0 Å². The van der Waals surface area contributed by atoms with Crippen LogP contribution in [-0.4, -0.2) is 23.5 Å². The number of carbonyl (C=O) groups is 1. The Hall–Kier alpha value is -2.04. The van der Waals surface area contributed by atoms with Gasteiger partial charge < -0.3 is 16.3 Å². The average Bonchev–Trinajstić information content (AvgIpc) is 2.30. The lowest BCUT2D eigenvalue weighted by Gasteiger charge is -2.30. The van der Waals surface area contributed by atoms with Crippen LogP contribution in [-0.2, 0) is 11.2 Å². The number of hydrogen-bond donors (Lipinski definition) is 3. The normalized spacial score (nSPS) is 18.1. The van der Waals surface area contributed by atoms with E-state index in [-0.39, 0.29) is 18.2 Å². The summed E-state index contributed by atoms with van der Waals surface area (Å²) in [6.07, 6.45) is 0.935. The molecule has 4 N–H and O–H groups in total. The van der Waals surface area contributed by atoms with Crippen LogP contribution in [0.25, 0.3) is 0 Å². The third-order valence-corrected chi connectivity index (χ3v) is 2.98. The zero-order chi connectivity index (χ0) is 12.3. The molecule has 5 heteroatoms. The number of hydrogen-bond acceptors (Lipinski definition) is 3. The van der Waals surface area contributed by atoms with Crippen molar-refractivity contribution in [2.75, 3.05) is 6.54 Å². The zero-order valence-electron chi connectivity index (χ0n) is 9.39. The maximum atomic E-state index is 11.4. The first kappa shape index (κ1) is 11.4. The lowest BCUT2D eigenvalue weighted by atomic mass is 9.77. The molecule has 0 aliphatic heterocycles. The van der Waals surface area contributed by atoms with E-state index in [1.54, 1.807) is 0 Å². The number of nitrogens with one attached hydrogen (secondary N) is 1. The Kier molecular flexibility index (Phi) is 3.27. The van der Waals surface area contributed by atoms with Crippen molar-refractivity contribution in [1.82, 2.24) is 5.32 Å². The summed E-state index contributed by atoms with van der Waals surface area (Å²) >= 11 is 0. The molecule has 0 saturated heterocycles. The summed E-state index contributed by atoms with van der Waals surface area (Å²) in [5.74, 6) is 0.101. The number of amidine groups is 1. The molecular weight excluding hydrogens is 218 g/mol. The molecule has 1 aliphatic rings. The Morgan fingerprint density at radius 1 is 1.53 bits per heavy atom. The Labute approximate surface area is 99.3 Å².